The van der Waals surface area contributed by atoms with Gasteiger partial charge in [-0.15, -0.1) is 0 Å². The van der Waals surface area contributed by atoms with Gasteiger partial charge in [-0.3, -0.25) is 0 Å². The molecular weight excluding hydrogens is 218 g/mol. The minimum atomic E-state index is 0.309. The molecule has 0 radical (unpaired) electrons. The van der Waals surface area contributed by atoms with Crippen LogP contribution in [0.2, 0.25) is 0 Å². The van der Waals surface area contributed by atoms with Gasteiger partial charge in [-0.25, -0.2) is 0 Å². The molecule has 1 aromatic carbocycles. The van der Waals surface area contributed by atoms with E-state index in [1.54, 1.807) is 0 Å². The summed E-state index contributed by atoms with van der Waals surface area (Å²) in [5.74, 6) is 0.778. The van der Waals surface area contributed by atoms with E-state index < -0.39 is 0 Å². The maximum absolute atomic E-state index is 3.81. The van der Waals surface area contributed by atoms with E-state index in [-0.39, 0.29) is 0 Å². The second-order valence-electron chi connectivity index (χ2n) is 7.53. The van der Waals surface area contributed by atoms with Crippen molar-refractivity contribution in [3.05, 3.63) is 29.8 Å². The van der Waals surface area contributed by atoms with Gasteiger partial charge >= 0.3 is 0 Å². The van der Waals surface area contributed by atoms with Gasteiger partial charge in [0.25, 0.3) is 0 Å². The molecule has 1 N–H and O–H groups in total. The maximum atomic E-state index is 3.81. The number of para-hydroxylation sites is 1. The molecule has 0 spiro atoms. The topological polar surface area (TPSA) is 12.0 Å². The smallest absolute Gasteiger partial charge is 0.0380 e. The van der Waals surface area contributed by atoms with Crippen molar-refractivity contribution in [1.82, 2.24) is 0 Å². The fourth-order valence-corrected chi connectivity index (χ4v) is 4.17. The van der Waals surface area contributed by atoms with Crippen LogP contribution < -0.4 is 5.32 Å². The fourth-order valence-electron chi connectivity index (χ4n) is 4.17. The average molecular weight is 243 g/mol. The molecule has 0 unspecified atom stereocenters. The third-order valence-corrected chi connectivity index (χ3v) is 5.28. The molecule has 1 aliphatic heterocycles. The molecule has 1 heteroatoms. The zero-order chi connectivity index (χ0) is 13.0. The molecule has 0 saturated heterocycles. The van der Waals surface area contributed by atoms with Crippen LogP contribution in [0.5, 0.6) is 0 Å². The van der Waals surface area contributed by atoms with E-state index >= 15 is 0 Å². The first-order valence-corrected chi connectivity index (χ1v) is 7.26. The summed E-state index contributed by atoms with van der Waals surface area (Å²) in [6, 6.07) is 9.53. The van der Waals surface area contributed by atoms with E-state index in [2.05, 4.69) is 57.3 Å². The van der Waals surface area contributed by atoms with Crippen LogP contribution in [-0.4, -0.2) is 6.04 Å². The first-order chi connectivity index (χ1) is 8.40. The first-order valence-electron chi connectivity index (χ1n) is 7.26. The Kier molecular flexibility index (Phi) is 2.52. The Bertz CT molecular complexity index is 458. The highest BCUT2D eigenvalue weighted by atomic mass is 15.0. The summed E-state index contributed by atoms with van der Waals surface area (Å²) in [4.78, 5) is 0. The third kappa shape index (κ3) is 1.75. The highest BCUT2D eigenvalue weighted by molar-refractivity contribution is 5.58. The number of hydrogen-bond acceptors (Lipinski definition) is 1. The molecule has 1 nitrogen and oxygen atoms in total. The zero-order valence-electron chi connectivity index (χ0n) is 12.1. The van der Waals surface area contributed by atoms with Gasteiger partial charge in [0, 0.05) is 11.7 Å². The lowest BCUT2D eigenvalue weighted by molar-refractivity contribution is 0.120. The van der Waals surface area contributed by atoms with Gasteiger partial charge in [0.05, 0.1) is 0 Å². The van der Waals surface area contributed by atoms with Crippen LogP contribution in [0.1, 0.15) is 52.5 Å². The van der Waals surface area contributed by atoms with Gasteiger partial charge < -0.3 is 5.32 Å². The van der Waals surface area contributed by atoms with E-state index in [1.807, 2.05) is 0 Å². The van der Waals surface area contributed by atoms with Crippen molar-refractivity contribution in [1.29, 1.82) is 0 Å². The van der Waals surface area contributed by atoms with Gasteiger partial charge in [-0.05, 0) is 47.6 Å². The summed E-state index contributed by atoms with van der Waals surface area (Å²) in [5, 5.41) is 3.81. The van der Waals surface area contributed by atoms with Crippen molar-refractivity contribution in [3.8, 4) is 0 Å². The number of fused-ring (bicyclic) bond motifs is 2. The molecule has 2 atom stereocenters. The SMILES string of the molecule is CC1(C)CC[C@@H]2[C@@H](C1)Nc1ccccc1C2(C)C. The van der Waals surface area contributed by atoms with Crippen molar-refractivity contribution < 1.29 is 0 Å². The molecule has 2 aliphatic rings. The molecule has 0 bridgehead atoms. The molecule has 18 heavy (non-hydrogen) atoms. The zero-order valence-corrected chi connectivity index (χ0v) is 12.1. The lowest BCUT2D eigenvalue weighted by Crippen LogP contribution is -2.50. The standard InChI is InChI=1S/C17H25N/c1-16(2)10-9-13-15(11-16)18-14-8-6-5-7-12(14)17(13,3)4/h5-8,13,15,18H,9-11H2,1-4H3/t13-,15-/m1/s1. The van der Waals surface area contributed by atoms with Crippen LogP contribution in [0.15, 0.2) is 24.3 Å². The van der Waals surface area contributed by atoms with E-state index in [0.29, 0.717) is 16.9 Å². The van der Waals surface area contributed by atoms with Crippen molar-refractivity contribution in [2.45, 2.75) is 58.4 Å². The number of rotatable bonds is 0. The van der Waals surface area contributed by atoms with Gasteiger partial charge in [-0.2, -0.15) is 0 Å². The number of hydrogen-bond donors (Lipinski definition) is 1. The lowest BCUT2D eigenvalue weighted by Gasteiger charge is -2.52. The van der Waals surface area contributed by atoms with Crippen LogP contribution in [0.25, 0.3) is 0 Å². The molecule has 1 aliphatic carbocycles. The summed E-state index contributed by atoms with van der Waals surface area (Å²) in [7, 11) is 0. The molecule has 1 aromatic rings. The molecule has 98 valence electrons. The molecule has 3 rings (SSSR count). The molecule has 0 amide bonds. The van der Waals surface area contributed by atoms with Crippen LogP contribution in [0, 0.1) is 11.3 Å². The number of benzene rings is 1. The monoisotopic (exact) mass is 243 g/mol. The largest absolute Gasteiger partial charge is 0.382 e. The minimum absolute atomic E-state index is 0.309. The Morgan fingerprint density at radius 1 is 1.11 bits per heavy atom. The number of anilines is 1. The average Bonchev–Trinajstić information content (AvgIpc) is 2.27. The Balaban J connectivity index is 2.01. The second kappa shape index (κ2) is 3.76. The van der Waals surface area contributed by atoms with Crippen molar-refractivity contribution in [3.63, 3.8) is 0 Å². The highest BCUT2D eigenvalue weighted by Crippen LogP contribution is 2.51. The predicted molar refractivity (Wildman–Crippen MR) is 78.0 cm³/mol. The molecule has 0 aromatic heterocycles. The maximum Gasteiger partial charge on any atom is 0.0380 e. The number of nitrogens with one attached hydrogen (secondary N) is 1. The van der Waals surface area contributed by atoms with Crippen LogP contribution in [0.3, 0.4) is 0 Å². The summed E-state index contributed by atoms with van der Waals surface area (Å²) in [6.07, 6.45) is 4.02. The minimum Gasteiger partial charge on any atom is -0.382 e. The Morgan fingerprint density at radius 2 is 1.83 bits per heavy atom. The Hall–Kier alpha value is -0.980. The van der Waals surface area contributed by atoms with E-state index in [4.69, 9.17) is 0 Å². The van der Waals surface area contributed by atoms with E-state index in [9.17, 15) is 0 Å². The van der Waals surface area contributed by atoms with Crippen molar-refractivity contribution in [2.75, 3.05) is 5.32 Å². The summed E-state index contributed by atoms with van der Waals surface area (Å²) < 4.78 is 0. The van der Waals surface area contributed by atoms with Gasteiger partial charge in [-0.1, -0.05) is 45.9 Å². The quantitative estimate of drug-likeness (QED) is 0.703. The third-order valence-electron chi connectivity index (χ3n) is 5.28. The van der Waals surface area contributed by atoms with E-state index in [0.717, 1.165) is 5.92 Å². The molecule has 1 fully saturated rings. The van der Waals surface area contributed by atoms with Crippen LogP contribution >= 0.6 is 0 Å². The molecular formula is C17H25N. The Morgan fingerprint density at radius 3 is 2.61 bits per heavy atom. The van der Waals surface area contributed by atoms with Gasteiger partial charge in [0.1, 0.15) is 0 Å². The molecule has 1 saturated carbocycles. The second-order valence-corrected chi connectivity index (χ2v) is 7.53. The van der Waals surface area contributed by atoms with Crippen LogP contribution in [0.4, 0.5) is 5.69 Å². The summed E-state index contributed by atoms with van der Waals surface area (Å²) in [6.45, 7) is 9.70. The lowest BCUT2D eigenvalue weighted by atomic mass is 9.58. The first kappa shape index (κ1) is 12.1. The predicted octanol–water partition coefficient (Wildman–Crippen LogP) is 4.58. The highest BCUT2D eigenvalue weighted by Gasteiger charge is 2.46. The van der Waals surface area contributed by atoms with Gasteiger partial charge in [0.15, 0.2) is 0 Å². The summed E-state index contributed by atoms with van der Waals surface area (Å²) >= 11 is 0. The fraction of sp³-hybridized carbons (Fsp3) is 0.647. The normalized spacial score (nSPS) is 32.0. The van der Waals surface area contributed by atoms with Crippen LogP contribution in [-0.2, 0) is 5.41 Å². The van der Waals surface area contributed by atoms with E-state index in [1.165, 1.54) is 30.5 Å². The summed E-state index contributed by atoms with van der Waals surface area (Å²) in [5.41, 5.74) is 3.67. The van der Waals surface area contributed by atoms with Gasteiger partial charge in [0.2, 0.25) is 0 Å². The molecule has 1 heterocycles. The Labute approximate surface area is 111 Å². The van der Waals surface area contributed by atoms with Crippen molar-refractivity contribution in [2.24, 2.45) is 11.3 Å². The van der Waals surface area contributed by atoms with Crippen molar-refractivity contribution >= 4 is 5.69 Å².